The van der Waals surface area contributed by atoms with Crippen LogP contribution in [0, 0.1) is 18.8 Å². The van der Waals surface area contributed by atoms with E-state index in [-0.39, 0.29) is 0 Å². The second-order valence-electron chi connectivity index (χ2n) is 4.94. The first-order valence-electron chi connectivity index (χ1n) is 5.78. The minimum Gasteiger partial charge on any atom is -0.270 e. The first kappa shape index (κ1) is 10.8. The van der Waals surface area contributed by atoms with Crippen LogP contribution in [0.5, 0.6) is 0 Å². The van der Waals surface area contributed by atoms with E-state index >= 15 is 0 Å². The Morgan fingerprint density at radius 1 is 1.29 bits per heavy atom. The van der Waals surface area contributed by atoms with Gasteiger partial charge in [-0.15, -0.1) is 0 Å². The maximum absolute atomic E-state index is 12.4. The summed E-state index contributed by atoms with van der Waals surface area (Å²) in [5.74, 6) is 0.929. The molecule has 4 heteroatoms. The SMILES string of the molecule is C=C1C2CC2CN1S(=O)(=O)c1ccc(C)cc1. The summed E-state index contributed by atoms with van der Waals surface area (Å²) in [4.78, 5) is 0.366. The summed E-state index contributed by atoms with van der Waals surface area (Å²) in [6, 6.07) is 6.99. The van der Waals surface area contributed by atoms with E-state index in [2.05, 4.69) is 6.58 Å². The standard InChI is InChI=1S/C13H15NO2S/c1-9-3-5-12(6-4-9)17(15,16)14-8-11-7-13(11)10(14)2/h3-6,11,13H,2,7-8H2,1H3. The van der Waals surface area contributed by atoms with Gasteiger partial charge >= 0.3 is 0 Å². The molecule has 2 atom stereocenters. The molecule has 2 unspecified atom stereocenters. The lowest BCUT2D eigenvalue weighted by molar-refractivity contribution is 0.487. The van der Waals surface area contributed by atoms with Crippen molar-refractivity contribution in [2.24, 2.45) is 11.8 Å². The van der Waals surface area contributed by atoms with Crippen molar-refractivity contribution in [2.45, 2.75) is 18.2 Å². The minimum absolute atomic E-state index is 0.366. The molecule has 1 saturated carbocycles. The van der Waals surface area contributed by atoms with Gasteiger partial charge in [-0.1, -0.05) is 24.3 Å². The van der Waals surface area contributed by atoms with Crippen molar-refractivity contribution in [3.8, 4) is 0 Å². The van der Waals surface area contributed by atoms with Gasteiger partial charge in [0.2, 0.25) is 0 Å². The van der Waals surface area contributed by atoms with Crippen molar-refractivity contribution in [3.63, 3.8) is 0 Å². The van der Waals surface area contributed by atoms with Crippen LogP contribution in [0.3, 0.4) is 0 Å². The van der Waals surface area contributed by atoms with Crippen LogP contribution in [0.4, 0.5) is 0 Å². The van der Waals surface area contributed by atoms with Gasteiger partial charge in [0.25, 0.3) is 10.0 Å². The van der Waals surface area contributed by atoms with Crippen molar-refractivity contribution in [1.82, 2.24) is 4.31 Å². The van der Waals surface area contributed by atoms with Crippen LogP contribution in [0.15, 0.2) is 41.4 Å². The predicted octanol–water partition coefficient (Wildman–Crippen LogP) is 2.15. The van der Waals surface area contributed by atoms with Gasteiger partial charge in [-0.2, -0.15) is 0 Å². The van der Waals surface area contributed by atoms with Gasteiger partial charge in [0, 0.05) is 18.2 Å². The number of nitrogens with zero attached hydrogens (tertiary/aromatic N) is 1. The zero-order valence-electron chi connectivity index (χ0n) is 9.76. The summed E-state index contributed by atoms with van der Waals surface area (Å²) in [7, 11) is -3.37. The number of rotatable bonds is 2. The average molecular weight is 249 g/mol. The average Bonchev–Trinajstić information content (AvgIpc) is 2.98. The van der Waals surface area contributed by atoms with Crippen molar-refractivity contribution in [1.29, 1.82) is 0 Å². The Morgan fingerprint density at radius 2 is 1.94 bits per heavy atom. The fraction of sp³-hybridized carbons (Fsp3) is 0.385. The summed E-state index contributed by atoms with van der Waals surface area (Å²) >= 11 is 0. The van der Waals surface area contributed by atoms with Crippen LogP contribution < -0.4 is 0 Å². The van der Waals surface area contributed by atoms with Crippen LogP contribution in [0.2, 0.25) is 0 Å². The van der Waals surface area contributed by atoms with E-state index in [0.717, 1.165) is 17.7 Å². The molecule has 0 N–H and O–H groups in total. The minimum atomic E-state index is -3.37. The topological polar surface area (TPSA) is 37.4 Å². The van der Waals surface area contributed by atoms with E-state index < -0.39 is 10.0 Å². The molecule has 2 fully saturated rings. The van der Waals surface area contributed by atoms with Crippen LogP contribution in [-0.2, 0) is 10.0 Å². The fourth-order valence-corrected chi connectivity index (χ4v) is 4.03. The lowest BCUT2D eigenvalue weighted by Crippen LogP contribution is -2.28. The van der Waals surface area contributed by atoms with Gasteiger partial charge < -0.3 is 0 Å². The highest BCUT2D eigenvalue weighted by atomic mass is 32.2. The number of hydrogen-bond acceptors (Lipinski definition) is 2. The Hall–Kier alpha value is -1.29. The molecule has 1 heterocycles. The highest BCUT2D eigenvalue weighted by molar-refractivity contribution is 7.89. The monoisotopic (exact) mass is 249 g/mol. The number of benzene rings is 1. The molecule has 17 heavy (non-hydrogen) atoms. The van der Waals surface area contributed by atoms with Gasteiger partial charge in [-0.3, -0.25) is 4.31 Å². The summed E-state index contributed by atoms with van der Waals surface area (Å²) in [6.45, 7) is 6.47. The summed E-state index contributed by atoms with van der Waals surface area (Å²) in [5.41, 5.74) is 1.84. The molecule has 0 bridgehead atoms. The molecule has 1 aliphatic heterocycles. The van der Waals surface area contributed by atoms with Gasteiger partial charge in [0.1, 0.15) is 0 Å². The number of fused-ring (bicyclic) bond motifs is 1. The highest BCUT2D eigenvalue weighted by Gasteiger charge is 2.51. The highest BCUT2D eigenvalue weighted by Crippen LogP contribution is 2.52. The maximum Gasteiger partial charge on any atom is 0.264 e. The van der Waals surface area contributed by atoms with Gasteiger partial charge in [-0.05, 0) is 31.4 Å². The molecule has 90 valence electrons. The number of aryl methyl sites for hydroxylation is 1. The van der Waals surface area contributed by atoms with Crippen LogP contribution in [-0.4, -0.2) is 19.3 Å². The van der Waals surface area contributed by atoms with E-state index in [0.29, 0.717) is 23.3 Å². The molecular formula is C13H15NO2S. The Balaban J connectivity index is 1.96. The van der Waals surface area contributed by atoms with Gasteiger partial charge in [-0.25, -0.2) is 8.42 Å². The lowest BCUT2D eigenvalue weighted by Gasteiger charge is -2.21. The number of allylic oxidation sites excluding steroid dienone is 1. The first-order chi connectivity index (χ1) is 8.00. The Bertz CT molecular complexity index is 574. The third kappa shape index (κ3) is 1.59. The molecule has 3 rings (SSSR count). The normalized spacial score (nSPS) is 27.1. The quantitative estimate of drug-likeness (QED) is 0.805. The lowest BCUT2D eigenvalue weighted by atomic mass is 10.2. The van der Waals surface area contributed by atoms with Crippen molar-refractivity contribution < 1.29 is 8.42 Å². The van der Waals surface area contributed by atoms with E-state index in [4.69, 9.17) is 0 Å². The number of piperidine rings is 1. The molecule has 1 aromatic carbocycles. The summed E-state index contributed by atoms with van der Waals surface area (Å²) in [5, 5.41) is 0. The molecule has 1 aromatic rings. The van der Waals surface area contributed by atoms with Gasteiger partial charge in [0.05, 0.1) is 4.90 Å². The fourth-order valence-electron chi connectivity index (χ4n) is 2.46. The van der Waals surface area contributed by atoms with Gasteiger partial charge in [0.15, 0.2) is 0 Å². The molecule has 0 amide bonds. The number of sulfonamides is 1. The van der Waals surface area contributed by atoms with E-state index in [9.17, 15) is 8.42 Å². The maximum atomic E-state index is 12.4. The summed E-state index contributed by atoms with van der Waals surface area (Å²) < 4.78 is 26.3. The predicted molar refractivity (Wildman–Crippen MR) is 65.8 cm³/mol. The van der Waals surface area contributed by atoms with Crippen molar-refractivity contribution >= 4 is 10.0 Å². The Morgan fingerprint density at radius 3 is 2.47 bits per heavy atom. The third-order valence-electron chi connectivity index (χ3n) is 3.68. The second-order valence-corrected chi connectivity index (χ2v) is 6.81. The van der Waals surface area contributed by atoms with E-state index in [1.54, 1.807) is 12.1 Å². The summed E-state index contributed by atoms with van der Waals surface area (Å²) in [6.07, 6.45) is 1.11. The smallest absolute Gasteiger partial charge is 0.264 e. The largest absolute Gasteiger partial charge is 0.270 e. The second kappa shape index (κ2) is 3.35. The molecule has 1 aliphatic carbocycles. The molecular weight excluding hydrogens is 234 g/mol. The molecule has 0 aromatic heterocycles. The zero-order valence-corrected chi connectivity index (χ0v) is 10.6. The molecule has 3 nitrogen and oxygen atoms in total. The third-order valence-corrected chi connectivity index (χ3v) is 5.51. The number of hydrogen-bond donors (Lipinski definition) is 0. The van der Waals surface area contributed by atoms with Crippen molar-refractivity contribution in [2.75, 3.05) is 6.54 Å². The molecule has 2 aliphatic rings. The Kier molecular flexibility index (Phi) is 2.14. The molecule has 0 spiro atoms. The Labute approximate surface area is 102 Å². The van der Waals surface area contributed by atoms with Crippen LogP contribution >= 0.6 is 0 Å². The molecule has 1 saturated heterocycles. The van der Waals surface area contributed by atoms with Crippen LogP contribution in [0.25, 0.3) is 0 Å². The van der Waals surface area contributed by atoms with Crippen LogP contribution in [0.1, 0.15) is 12.0 Å². The first-order valence-corrected chi connectivity index (χ1v) is 7.22. The molecule has 0 radical (unpaired) electrons. The van der Waals surface area contributed by atoms with E-state index in [1.165, 1.54) is 4.31 Å². The van der Waals surface area contributed by atoms with Crippen molar-refractivity contribution in [3.05, 3.63) is 42.1 Å². The van der Waals surface area contributed by atoms with E-state index in [1.807, 2.05) is 19.1 Å². The zero-order chi connectivity index (χ0) is 12.2.